The summed E-state index contributed by atoms with van der Waals surface area (Å²) >= 11 is 3.32. The van der Waals surface area contributed by atoms with Crippen LogP contribution in [0.15, 0.2) is 53.0 Å². The van der Waals surface area contributed by atoms with Crippen molar-refractivity contribution in [2.24, 2.45) is 0 Å². The van der Waals surface area contributed by atoms with Gasteiger partial charge < -0.3 is 15.4 Å². The van der Waals surface area contributed by atoms with Crippen LogP contribution in [0.3, 0.4) is 0 Å². The van der Waals surface area contributed by atoms with Gasteiger partial charge in [-0.2, -0.15) is 8.78 Å². The lowest BCUT2D eigenvalue weighted by atomic mass is 10.3. The Hall–Kier alpha value is -2.15. The zero-order valence-electron chi connectivity index (χ0n) is 11.4. The second kappa shape index (κ2) is 7.74. The van der Waals surface area contributed by atoms with Crippen LogP contribution in [0, 0.1) is 0 Å². The van der Waals surface area contributed by atoms with Crippen molar-refractivity contribution >= 4 is 33.2 Å². The van der Waals surface area contributed by atoms with Crippen LogP contribution in [0.5, 0.6) is 5.75 Å². The standard InChI is InChI=1S/C15H13BrF2N2O2/c16-10-5-1-2-6-11(10)20-14(21)9-19-12-7-3-4-8-13(12)22-15(17)18/h1-8,15,19H,9H2,(H,20,21). The molecule has 0 saturated carbocycles. The van der Waals surface area contributed by atoms with Crippen molar-refractivity contribution in [3.05, 3.63) is 53.0 Å². The number of benzene rings is 2. The Morgan fingerprint density at radius 1 is 1.09 bits per heavy atom. The zero-order chi connectivity index (χ0) is 15.9. The monoisotopic (exact) mass is 370 g/mol. The molecule has 22 heavy (non-hydrogen) atoms. The van der Waals surface area contributed by atoms with Gasteiger partial charge in [-0.1, -0.05) is 24.3 Å². The SMILES string of the molecule is O=C(CNc1ccccc1OC(F)F)Nc1ccccc1Br. The van der Waals surface area contributed by atoms with Crippen LogP contribution in [-0.2, 0) is 4.79 Å². The van der Waals surface area contributed by atoms with Crippen molar-refractivity contribution in [1.82, 2.24) is 0 Å². The van der Waals surface area contributed by atoms with Gasteiger partial charge in [0.15, 0.2) is 0 Å². The minimum absolute atomic E-state index is 0.00816. The number of alkyl halides is 2. The number of halogens is 3. The molecule has 0 aliphatic carbocycles. The highest BCUT2D eigenvalue weighted by Crippen LogP contribution is 2.25. The van der Waals surface area contributed by atoms with Gasteiger partial charge in [-0.25, -0.2) is 0 Å². The molecule has 0 bridgehead atoms. The first kappa shape index (κ1) is 16.2. The van der Waals surface area contributed by atoms with E-state index in [9.17, 15) is 13.6 Å². The molecule has 116 valence electrons. The summed E-state index contributed by atoms with van der Waals surface area (Å²) in [6.45, 7) is -3.00. The number of para-hydroxylation sites is 3. The van der Waals surface area contributed by atoms with E-state index < -0.39 is 6.61 Å². The third-order valence-electron chi connectivity index (χ3n) is 2.69. The molecule has 1 amide bonds. The normalized spacial score (nSPS) is 10.4. The molecule has 0 spiro atoms. The fraction of sp³-hybridized carbons (Fsp3) is 0.133. The topological polar surface area (TPSA) is 50.4 Å². The van der Waals surface area contributed by atoms with E-state index in [4.69, 9.17) is 0 Å². The number of amides is 1. The first-order valence-corrected chi connectivity index (χ1v) is 7.17. The summed E-state index contributed by atoms with van der Waals surface area (Å²) in [7, 11) is 0. The molecule has 0 atom stereocenters. The number of carbonyl (C=O) groups excluding carboxylic acids is 1. The molecule has 0 aliphatic rings. The lowest BCUT2D eigenvalue weighted by molar-refractivity contribution is -0.114. The Labute approximate surface area is 134 Å². The number of rotatable bonds is 6. The highest BCUT2D eigenvalue weighted by Gasteiger charge is 2.10. The molecule has 0 aromatic heterocycles. The Kier molecular flexibility index (Phi) is 5.71. The highest BCUT2D eigenvalue weighted by molar-refractivity contribution is 9.10. The van der Waals surface area contributed by atoms with Crippen molar-refractivity contribution in [3.63, 3.8) is 0 Å². The Morgan fingerprint density at radius 3 is 2.41 bits per heavy atom. The first-order chi connectivity index (χ1) is 10.6. The average molecular weight is 371 g/mol. The van der Waals surface area contributed by atoms with Gasteiger partial charge in [0.2, 0.25) is 5.91 Å². The number of hydrogen-bond acceptors (Lipinski definition) is 3. The van der Waals surface area contributed by atoms with Gasteiger partial charge in [0, 0.05) is 4.47 Å². The maximum Gasteiger partial charge on any atom is 0.387 e. The lowest BCUT2D eigenvalue weighted by Gasteiger charge is -2.13. The minimum Gasteiger partial charge on any atom is -0.433 e. The predicted molar refractivity (Wildman–Crippen MR) is 84.3 cm³/mol. The second-order valence-electron chi connectivity index (χ2n) is 4.26. The number of ether oxygens (including phenoxy) is 1. The van der Waals surface area contributed by atoms with Gasteiger partial charge in [0.05, 0.1) is 17.9 Å². The maximum atomic E-state index is 12.3. The fourth-order valence-corrected chi connectivity index (χ4v) is 2.13. The van der Waals surface area contributed by atoms with E-state index in [1.165, 1.54) is 6.07 Å². The van der Waals surface area contributed by atoms with Gasteiger partial charge in [-0.3, -0.25) is 4.79 Å². The van der Waals surface area contributed by atoms with Crippen LogP contribution in [0.2, 0.25) is 0 Å². The van der Waals surface area contributed by atoms with E-state index in [1.54, 1.807) is 36.4 Å². The lowest BCUT2D eigenvalue weighted by Crippen LogP contribution is -2.22. The van der Waals surface area contributed by atoms with E-state index in [1.807, 2.05) is 6.07 Å². The quantitative estimate of drug-likeness (QED) is 0.804. The Balaban J connectivity index is 1.95. The van der Waals surface area contributed by atoms with Gasteiger partial charge in [-0.05, 0) is 40.2 Å². The van der Waals surface area contributed by atoms with Gasteiger partial charge >= 0.3 is 6.61 Å². The predicted octanol–water partition coefficient (Wildman–Crippen LogP) is 4.10. The summed E-state index contributed by atoms with van der Waals surface area (Å²) < 4.78 is 29.7. The zero-order valence-corrected chi connectivity index (χ0v) is 12.9. The molecule has 2 aromatic rings. The largest absolute Gasteiger partial charge is 0.433 e. The van der Waals surface area contributed by atoms with Crippen molar-refractivity contribution in [3.8, 4) is 5.75 Å². The van der Waals surface area contributed by atoms with Crippen molar-refractivity contribution in [2.75, 3.05) is 17.2 Å². The minimum atomic E-state index is -2.92. The van der Waals surface area contributed by atoms with Crippen LogP contribution in [0.25, 0.3) is 0 Å². The number of nitrogens with one attached hydrogen (secondary N) is 2. The van der Waals surface area contributed by atoms with E-state index in [0.29, 0.717) is 11.4 Å². The van der Waals surface area contributed by atoms with E-state index in [-0.39, 0.29) is 18.2 Å². The van der Waals surface area contributed by atoms with Crippen molar-refractivity contribution in [1.29, 1.82) is 0 Å². The Morgan fingerprint density at radius 2 is 1.73 bits per heavy atom. The summed E-state index contributed by atoms with van der Waals surface area (Å²) in [6, 6.07) is 13.4. The third kappa shape index (κ3) is 4.70. The molecule has 0 fully saturated rings. The molecule has 4 nitrogen and oxygen atoms in total. The number of hydrogen-bond donors (Lipinski definition) is 2. The van der Waals surface area contributed by atoms with Crippen molar-refractivity contribution < 1.29 is 18.3 Å². The van der Waals surface area contributed by atoms with Crippen LogP contribution in [0.4, 0.5) is 20.2 Å². The van der Waals surface area contributed by atoms with E-state index >= 15 is 0 Å². The summed E-state index contributed by atoms with van der Waals surface area (Å²) in [4.78, 5) is 11.9. The number of carbonyl (C=O) groups is 1. The Bertz CT molecular complexity index is 653. The molecule has 0 aliphatic heterocycles. The summed E-state index contributed by atoms with van der Waals surface area (Å²) in [5.41, 5.74) is 0.955. The first-order valence-electron chi connectivity index (χ1n) is 6.38. The van der Waals surface area contributed by atoms with Crippen molar-refractivity contribution in [2.45, 2.75) is 6.61 Å². The molecular weight excluding hydrogens is 358 g/mol. The molecule has 0 saturated heterocycles. The molecule has 7 heteroatoms. The summed E-state index contributed by atoms with van der Waals surface area (Å²) in [6.07, 6.45) is 0. The molecule has 0 heterocycles. The maximum absolute atomic E-state index is 12.3. The smallest absolute Gasteiger partial charge is 0.387 e. The van der Waals surface area contributed by atoms with Crippen LogP contribution in [-0.4, -0.2) is 19.1 Å². The van der Waals surface area contributed by atoms with Gasteiger partial charge in [-0.15, -0.1) is 0 Å². The fourth-order valence-electron chi connectivity index (χ4n) is 1.74. The van der Waals surface area contributed by atoms with Crippen LogP contribution in [0.1, 0.15) is 0 Å². The molecule has 0 unspecified atom stereocenters. The van der Waals surface area contributed by atoms with Gasteiger partial charge in [0.25, 0.3) is 0 Å². The second-order valence-corrected chi connectivity index (χ2v) is 5.11. The molecule has 0 radical (unpaired) electrons. The van der Waals surface area contributed by atoms with E-state index in [0.717, 1.165) is 4.47 Å². The summed E-state index contributed by atoms with van der Waals surface area (Å²) in [5, 5.41) is 5.48. The van der Waals surface area contributed by atoms with E-state index in [2.05, 4.69) is 31.3 Å². The molecular formula is C15H13BrF2N2O2. The molecule has 2 N–H and O–H groups in total. The molecule has 2 aromatic carbocycles. The average Bonchev–Trinajstić information content (AvgIpc) is 2.48. The highest BCUT2D eigenvalue weighted by atomic mass is 79.9. The molecule has 2 rings (SSSR count). The van der Waals surface area contributed by atoms with Crippen LogP contribution >= 0.6 is 15.9 Å². The summed E-state index contributed by atoms with van der Waals surface area (Å²) in [5.74, 6) is -0.315. The third-order valence-corrected chi connectivity index (χ3v) is 3.38. The van der Waals surface area contributed by atoms with Gasteiger partial charge in [0.1, 0.15) is 5.75 Å². The van der Waals surface area contributed by atoms with Crippen LogP contribution < -0.4 is 15.4 Å². The number of anilines is 2.